The molecule has 0 amide bonds. The maximum Gasteiger partial charge on any atom is 0.0784 e. The third-order valence-electron chi connectivity index (χ3n) is 1.65. The number of hydrogen-bond donors (Lipinski definition) is 1. The molecular formula is C6H13FN2. The number of nitrogens with zero attached hydrogens (tertiary/aromatic N) is 1. The van der Waals surface area contributed by atoms with Gasteiger partial charge in [0.2, 0.25) is 0 Å². The third-order valence-corrected chi connectivity index (χ3v) is 1.65. The van der Waals surface area contributed by atoms with Crippen molar-refractivity contribution in [3.8, 4) is 0 Å². The second kappa shape index (κ2) is 3.13. The first-order valence-corrected chi connectivity index (χ1v) is 3.43. The average molecular weight is 132 g/mol. The molecule has 2 nitrogen and oxygen atoms in total. The molecule has 0 radical (unpaired) electrons. The van der Waals surface area contributed by atoms with Crippen molar-refractivity contribution in [1.82, 2.24) is 10.4 Å². The van der Waals surface area contributed by atoms with Gasteiger partial charge in [-0.2, -0.15) is 0 Å². The minimum Gasteiger partial charge on any atom is -0.300 e. The van der Waals surface area contributed by atoms with E-state index in [9.17, 15) is 4.48 Å². The van der Waals surface area contributed by atoms with Gasteiger partial charge in [-0.1, -0.05) is 0 Å². The Morgan fingerprint density at radius 3 is 3.22 bits per heavy atom. The summed E-state index contributed by atoms with van der Waals surface area (Å²) in [7, 11) is 0. The lowest BCUT2D eigenvalue weighted by Gasteiger charge is -2.08. The quantitative estimate of drug-likeness (QED) is 0.493. The van der Waals surface area contributed by atoms with Crippen molar-refractivity contribution < 1.29 is 4.48 Å². The normalized spacial score (nSPS) is 32.0. The lowest BCUT2D eigenvalue weighted by atomic mass is 10.2. The molecular weight excluding hydrogens is 119 g/mol. The van der Waals surface area contributed by atoms with E-state index in [2.05, 4.69) is 12.2 Å². The van der Waals surface area contributed by atoms with Crippen LogP contribution < -0.4 is 5.32 Å². The summed E-state index contributed by atoms with van der Waals surface area (Å²) in [5.41, 5.74) is 0. The van der Waals surface area contributed by atoms with Gasteiger partial charge in [0.25, 0.3) is 0 Å². The molecule has 1 saturated heterocycles. The van der Waals surface area contributed by atoms with Gasteiger partial charge in [-0.05, 0) is 19.8 Å². The van der Waals surface area contributed by atoms with E-state index in [-0.39, 0.29) is 0 Å². The fourth-order valence-corrected chi connectivity index (χ4v) is 1.01. The molecule has 1 atom stereocenters. The Labute approximate surface area is 55.0 Å². The predicted octanol–water partition coefficient (Wildman–Crippen LogP) is 0.902. The second-order valence-electron chi connectivity index (χ2n) is 2.59. The van der Waals surface area contributed by atoms with Crippen molar-refractivity contribution in [2.75, 3.05) is 13.2 Å². The second-order valence-corrected chi connectivity index (χ2v) is 2.59. The molecule has 0 saturated carbocycles. The number of nitrogens with one attached hydrogen (secondary N) is 1. The first-order chi connectivity index (χ1) is 4.29. The maximum absolute atomic E-state index is 12.4. The van der Waals surface area contributed by atoms with Gasteiger partial charge >= 0.3 is 0 Å². The van der Waals surface area contributed by atoms with Crippen molar-refractivity contribution in [1.29, 1.82) is 0 Å². The van der Waals surface area contributed by atoms with Crippen molar-refractivity contribution >= 4 is 0 Å². The highest BCUT2D eigenvalue weighted by Gasteiger charge is 2.10. The molecule has 1 heterocycles. The van der Waals surface area contributed by atoms with Crippen LogP contribution in [0, 0.1) is 0 Å². The topological polar surface area (TPSA) is 15.3 Å². The van der Waals surface area contributed by atoms with Crippen LogP contribution in [-0.2, 0) is 0 Å². The fourth-order valence-electron chi connectivity index (χ4n) is 1.01. The van der Waals surface area contributed by atoms with Gasteiger partial charge in [0, 0.05) is 12.6 Å². The van der Waals surface area contributed by atoms with Crippen molar-refractivity contribution in [2.24, 2.45) is 0 Å². The average Bonchev–Trinajstić information content (AvgIpc) is 1.97. The zero-order chi connectivity index (χ0) is 6.69. The SMILES string of the molecule is CC1CCCN(F)CN1. The van der Waals surface area contributed by atoms with Gasteiger partial charge in [-0.15, -0.1) is 9.60 Å². The highest BCUT2D eigenvalue weighted by Crippen LogP contribution is 2.03. The fraction of sp³-hybridized carbons (Fsp3) is 1.00. The zero-order valence-corrected chi connectivity index (χ0v) is 5.73. The first kappa shape index (κ1) is 6.96. The summed E-state index contributed by atoms with van der Waals surface area (Å²) in [6.07, 6.45) is 2.05. The van der Waals surface area contributed by atoms with Crippen LogP contribution in [0.4, 0.5) is 4.48 Å². The van der Waals surface area contributed by atoms with Crippen molar-refractivity contribution in [3.63, 3.8) is 0 Å². The Kier molecular flexibility index (Phi) is 2.42. The van der Waals surface area contributed by atoms with Crippen LogP contribution in [0.1, 0.15) is 19.8 Å². The van der Waals surface area contributed by atoms with E-state index >= 15 is 0 Å². The van der Waals surface area contributed by atoms with Gasteiger partial charge in [0.1, 0.15) is 0 Å². The molecule has 0 aromatic heterocycles. The van der Waals surface area contributed by atoms with Crippen LogP contribution in [0.15, 0.2) is 0 Å². The molecule has 0 aliphatic carbocycles. The molecule has 1 aliphatic heterocycles. The zero-order valence-electron chi connectivity index (χ0n) is 5.73. The third kappa shape index (κ3) is 2.28. The van der Waals surface area contributed by atoms with Crippen molar-refractivity contribution in [2.45, 2.75) is 25.8 Å². The first-order valence-electron chi connectivity index (χ1n) is 3.43. The molecule has 0 aromatic rings. The minimum absolute atomic E-state index is 0.390. The largest absolute Gasteiger partial charge is 0.300 e. The Morgan fingerprint density at radius 2 is 2.44 bits per heavy atom. The smallest absolute Gasteiger partial charge is 0.0784 e. The van der Waals surface area contributed by atoms with E-state index in [0.717, 1.165) is 18.0 Å². The number of halogens is 1. The molecule has 9 heavy (non-hydrogen) atoms. The van der Waals surface area contributed by atoms with Gasteiger partial charge in [-0.3, -0.25) is 5.32 Å². The van der Waals surface area contributed by atoms with E-state index in [1.807, 2.05) is 0 Å². The van der Waals surface area contributed by atoms with Crippen molar-refractivity contribution in [3.05, 3.63) is 0 Å². The molecule has 0 spiro atoms. The Morgan fingerprint density at radius 1 is 1.67 bits per heavy atom. The monoisotopic (exact) mass is 132 g/mol. The molecule has 1 N–H and O–H groups in total. The van der Waals surface area contributed by atoms with Crippen LogP contribution in [0.5, 0.6) is 0 Å². The van der Waals surface area contributed by atoms with Gasteiger partial charge in [0.05, 0.1) is 6.67 Å². The number of hydrogen-bond acceptors (Lipinski definition) is 2. The van der Waals surface area contributed by atoms with Crippen LogP contribution in [0.3, 0.4) is 0 Å². The highest BCUT2D eigenvalue weighted by molar-refractivity contribution is 4.63. The van der Waals surface area contributed by atoms with Gasteiger partial charge in [0.15, 0.2) is 0 Å². The van der Waals surface area contributed by atoms with Crippen LogP contribution in [0.2, 0.25) is 0 Å². The maximum atomic E-state index is 12.4. The van der Waals surface area contributed by atoms with Crippen LogP contribution in [-0.4, -0.2) is 24.4 Å². The molecule has 3 heteroatoms. The van der Waals surface area contributed by atoms with E-state index in [1.165, 1.54) is 0 Å². The van der Waals surface area contributed by atoms with E-state index in [4.69, 9.17) is 0 Å². The lowest BCUT2D eigenvalue weighted by Crippen LogP contribution is -2.30. The Hall–Kier alpha value is -0.150. The Bertz CT molecular complexity index is 77.1. The van der Waals surface area contributed by atoms with E-state index < -0.39 is 0 Å². The minimum atomic E-state index is 0.390. The summed E-state index contributed by atoms with van der Waals surface area (Å²) in [5.74, 6) is 0. The molecule has 54 valence electrons. The predicted molar refractivity (Wildman–Crippen MR) is 34.5 cm³/mol. The summed E-state index contributed by atoms with van der Waals surface area (Å²) in [5, 5.41) is 3.87. The molecule has 0 aromatic carbocycles. The number of rotatable bonds is 0. The van der Waals surface area contributed by atoms with Crippen LogP contribution in [0.25, 0.3) is 0 Å². The summed E-state index contributed by atoms with van der Waals surface area (Å²) in [6, 6.07) is 0.478. The molecule has 1 unspecified atom stereocenters. The van der Waals surface area contributed by atoms with E-state index in [0.29, 0.717) is 19.3 Å². The lowest BCUT2D eigenvalue weighted by molar-refractivity contribution is 0.0224. The molecule has 1 fully saturated rings. The Balaban J connectivity index is 2.25. The summed E-state index contributed by atoms with van der Waals surface area (Å²) in [6.45, 7) is 3.05. The summed E-state index contributed by atoms with van der Waals surface area (Å²) in [4.78, 5) is 0. The van der Waals surface area contributed by atoms with E-state index in [1.54, 1.807) is 0 Å². The van der Waals surface area contributed by atoms with Crippen LogP contribution >= 0.6 is 0 Å². The molecule has 1 aliphatic rings. The standard InChI is InChI=1S/C6H13FN2/c1-6-3-2-4-9(7)5-8-6/h6,8H,2-5H2,1H3. The summed E-state index contributed by atoms with van der Waals surface area (Å²) < 4.78 is 12.4. The molecule has 0 bridgehead atoms. The highest BCUT2D eigenvalue weighted by atomic mass is 19.2. The molecule has 1 rings (SSSR count). The van der Waals surface area contributed by atoms with Gasteiger partial charge < -0.3 is 0 Å². The summed E-state index contributed by atoms with van der Waals surface area (Å²) >= 11 is 0. The van der Waals surface area contributed by atoms with Gasteiger partial charge in [-0.25, -0.2) is 0 Å².